The summed E-state index contributed by atoms with van der Waals surface area (Å²) in [5.74, 6) is 0.542. The molecule has 140 valence electrons. The number of aryl methyl sites for hydroxylation is 1. The highest BCUT2D eigenvalue weighted by Crippen LogP contribution is 2.23. The predicted octanol–water partition coefficient (Wildman–Crippen LogP) is 5.54. The third-order valence-corrected chi connectivity index (χ3v) is 4.55. The Morgan fingerprint density at radius 1 is 0.786 bits per heavy atom. The molecule has 0 fully saturated rings. The Kier molecular flexibility index (Phi) is 6.18. The van der Waals surface area contributed by atoms with E-state index in [0.717, 1.165) is 11.1 Å². The van der Waals surface area contributed by atoms with Crippen molar-refractivity contribution in [1.29, 1.82) is 0 Å². The van der Waals surface area contributed by atoms with Crippen molar-refractivity contribution in [1.82, 2.24) is 0 Å². The van der Waals surface area contributed by atoms with Crippen molar-refractivity contribution in [2.75, 3.05) is 7.11 Å². The average Bonchev–Trinajstić information content (AvgIpc) is 2.74. The molecule has 0 heterocycles. The van der Waals surface area contributed by atoms with Gasteiger partial charge in [0.25, 0.3) is 0 Å². The Bertz CT molecular complexity index is 982. The van der Waals surface area contributed by atoms with Gasteiger partial charge < -0.3 is 4.74 Å². The number of methoxy groups -OCH3 is 1. The van der Waals surface area contributed by atoms with Crippen LogP contribution in [0.2, 0.25) is 0 Å². The maximum atomic E-state index is 12.8. The van der Waals surface area contributed by atoms with Crippen LogP contribution in [-0.2, 0) is 0 Å². The summed E-state index contributed by atoms with van der Waals surface area (Å²) in [6.07, 6.45) is 1.72. The summed E-state index contributed by atoms with van der Waals surface area (Å²) in [5.41, 5.74) is 3.86. The van der Waals surface area contributed by atoms with Crippen molar-refractivity contribution in [3.63, 3.8) is 0 Å². The van der Waals surface area contributed by atoms with E-state index < -0.39 is 0 Å². The minimum Gasteiger partial charge on any atom is -0.497 e. The normalized spacial score (nSPS) is 11.1. The Labute approximate surface area is 165 Å². The van der Waals surface area contributed by atoms with E-state index in [2.05, 4.69) is 0 Å². The molecular weight excluding hydrogens is 348 g/mol. The fourth-order valence-corrected chi connectivity index (χ4v) is 2.90. The first kappa shape index (κ1) is 19.3. The molecule has 0 radical (unpaired) electrons. The molecule has 0 saturated carbocycles. The van der Waals surface area contributed by atoms with Gasteiger partial charge in [0, 0.05) is 17.5 Å². The zero-order valence-electron chi connectivity index (χ0n) is 16.0. The molecule has 0 aliphatic heterocycles. The molecule has 3 aromatic carbocycles. The third kappa shape index (κ3) is 4.83. The van der Waals surface area contributed by atoms with Crippen LogP contribution in [-0.4, -0.2) is 18.7 Å². The summed E-state index contributed by atoms with van der Waals surface area (Å²) < 4.78 is 5.14. The van der Waals surface area contributed by atoms with Crippen molar-refractivity contribution < 1.29 is 14.3 Å². The van der Waals surface area contributed by atoms with Gasteiger partial charge in [-0.25, -0.2) is 0 Å². The van der Waals surface area contributed by atoms with E-state index >= 15 is 0 Å². The number of hydrogen-bond acceptors (Lipinski definition) is 3. The maximum absolute atomic E-state index is 12.8. The van der Waals surface area contributed by atoms with E-state index in [0.29, 0.717) is 22.4 Å². The molecule has 0 saturated heterocycles. The minimum atomic E-state index is -0.110. The van der Waals surface area contributed by atoms with Gasteiger partial charge in [0.15, 0.2) is 11.6 Å². The van der Waals surface area contributed by atoms with Crippen molar-refractivity contribution in [3.05, 3.63) is 107 Å². The molecule has 0 bridgehead atoms. The number of allylic oxidation sites excluding steroid dienone is 2. The molecule has 3 aromatic rings. The van der Waals surface area contributed by atoms with Crippen LogP contribution in [0.3, 0.4) is 0 Å². The summed E-state index contributed by atoms with van der Waals surface area (Å²) in [5, 5.41) is 0. The van der Waals surface area contributed by atoms with Crippen LogP contribution in [0, 0.1) is 6.92 Å². The molecule has 0 atom stereocenters. The SMILES string of the molecule is COc1ccc(C(=O)C/C(=C/C(=O)c2ccc(C)cc2)c2ccccc2)cc1. The quantitative estimate of drug-likeness (QED) is 0.405. The van der Waals surface area contributed by atoms with Gasteiger partial charge in [-0.05, 0) is 48.4 Å². The van der Waals surface area contributed by atoms with Gasteiger partial charge in [-0.2, -0.15) is 0 Å². The van der Waals surface area contributed by atoms with Crippen LogP contribution < -0.4 is 4.74 Å². The third-order valence-electron chi connectivity index (χ3n) is 4.55. The number of benzene rings is 3. The highest BCUT2D eigenvalue weighted by molar-refractivity contribution is 6.11. The van der Waals surface area contributed by atoms with Crippen molar-refractivity contribution >= 4 is 17.1 Å². The van der Waals surface area contributed by atoms with Gasteiger partial charge in [-0.15, -0.1) is 0 Å². The topological polar surface area (TPSA) is 43.4 Å². The molecule has 0 aromatic heterocycles. The number of hydrogen-bond donors (Lipinski definition) is 0. The average molecular weight is 370 g/mol. The van der Waals surface area contributed by atoms with Crippen LogP contribution in [0.5, 0.6) is 5.75 Å². The van der Waals surface area contributed by atoms with E-state index in [9.17, 15) is 9.59 Å². The molecule has 0 aliphatic rings. The van der Waals surface area contributed by atoms with Crippen molar-refractivity contribution in [2.45, 2.75) is 13.3 Å². The molecular formula is C25H22O3. The molecule has 3 nitrogen and oxygen atoms in total. The molecule has 0 amide bonds. The molecule has 28 heavy (non-hydrogen) atoms. The lowest BCUT2D eigenvalue weighted by molar-refractivity contribution is 0.0998. The number of ketones is 2. The Morgan fingerprint density at radius 3 is 2.00 bits per heavy atom. The molecule has 0 spiro atoms. The van der Waals surface area contributed by atoms with Crippen LogP contribution >= 0.6 is 0 Å². The highest BCUT2D eigenvalue weighted by Gasteiger charge is 2.13. The lowest BCUT2D eigenvalue weighted by atomic mass is 9.95. The number of carbonyl (C=O) groups excluding carboxylic acids is 2. The van der Waals surface area contributed by atoms with Crippen LogP contribution in [0.25, 0.3) is 5.57 Å². The second-order valence-electron chi connectivity index (χ2n) is 6.59. The van der Waals surface area contributed by atoms with Crippen LogP contribution in [0.1, 0.15) is 38.3 Å². The van der Waals surface area contributed by atoms with Gasteiger partial charge in [-0.3, -0.25) is 9.59 Å². The zero-order valence-corrected chi connectivity index (χ0v) is 16.0. The summed E-state index contributed by atoms with van der Waals surface area (Å²) >= 11 is 0. The van der Waals surface area contributed by atoms with E-state index in [1.165, 1.54) is 0 Å². The first-order chi connectivity index (χ1) is 13.6. The van der Waals surface area contributed by atoms with E-state index in [-0.39, 0.29) is 18.0 Å². The molecule has 0 N–H and O–H groups in total. The standard InChI is InChI=1S/C25H22O3/c1-18-8-10-20(11-9-18)24(26)16-22(19-6-4-3-5-7-19)17-25(27)21-12-14-23(28-2)15-13-21/h3-16H,17H2,1-2H3/b22-16-. The summed E-state index contributed by atoms with van der Waals surface area (Å²) in [4.78, 5) is 25.5. The molecule has 3 rings (SSSR count). The van der Waals surface area contributed by atoms with Gasteiger partial charge in [0.1, 0.15) is 5.75 Å². The van der Waals surface area contributed by atoms with Crippen LogP contribution in [0.15, 0.2) is 84.9 Å². The number of carbonyl (C=O) groups is 2. The van der Waals surface area contributed by atoms with Gasteiger partial charge in [0.05, 0.1) is 7.11 Å². The fourth-order valence-electron chi connectivity index (χ4n) is 2.90. The summed E-state index contributed by atoms with van der Waals surface area (Å²) in [7, 11) is 1.59. The lowest BCUT2D eigenvalue weighted by Gasteiger charge is -2.09. The number of Topliss-reactive ketones (excluding diaryl/α,β-unsaturated/α-hetero) is 1. The second kappa shape index (κ2) is 8.96. The van der Waals surface area contributed by atoms with E-state index in [4.69, 9.17) is 4.74 Å². The highest BCUT2D eigenvalue weighted by atomic mass is 16.5. The van der Waals surface area contributed by atoms with Crippen molar-refractivity contribution in [3.8, 4) is 5.75 Å². The molecule has 3 heteroatoms. The Balaban J connectivity index is 1.89. The second-order valence-corrected chi connectivity index (χ2v) is 6.59. The van der Waals surface area contributed by atoms with E-state index in [1.807, 2.05) is 61.5 Å². The first-order valence-electron chi connectivity index (χ1n) is 9.11. The number of ether oxygens (including phenoxy) is 1. The van der Waals surface area contributed by atoms with Gasteiger partial charge in [0.2, 0.25) is 0 Å². The number of rotatable bonds is 7. The molecule has 0 unspecified atom stereocenters. The predicted molar refractivity (Wildman–Crippen MR) is 112 cm³/mol. The smallest absolute Gasteiger partial charge is 0.186 e. The van der Waals surface area contributed by atoms with Crippen LogP contribution in [0.4, 0.5) is 0 Å². The maximum Gasteiger partial charge on any atom is 0.186 e. The summed E-state index contributed by atoms with van der Waals surface area (Å²) in [6.45, 7) is 1.98. The largest absolute Gasteiger partial charge is 0.497 e. The Hall–Kier alpha value is -3.46. The molecule has 0 aliphatic carbocycles. The fraction of sp³-hybridized carbons (Fsp3) is 0.120. The van der Waals surface area contributed by atoms with E-state index in [1.54, 1.807) is 37.5 Å². The van der Waals surface area contributed by atoms with Crippen molar-refractivity contribution in [2.24, 2.45) is 0 Å². The zero-order chi connectivity index (χ0) is 19.9. The Morgan fingerprint density at radius 2 is 1.39 bits per heavy atom. The minimum absolute atomic E-state index is 0.0468. The monoisotopic (exact) mass is 370 g/mol. The first-order valence-corrected chi connectivity index (χ1v) is 9.11. The lowest BCUT2D eigenvalue weighted by Crippen LogP contribution is -2.03. The van der Waals surface area contributed by atoms with Gasteiger partial charge >= 0.3 is 0 Å². The summed E-state index contributed by atoms with van der Waals surface area (Å²) in [6, 6.07) is 24.0. The van der Waals surface area contributed by atoms with Gasteiger partial charge in [-0.1, -0.05) is 60.2 Å².